The SMILES string of the molecule is CN(C)CCN(C)Cc1ccc(O)c(Cl)c1. The molecule has 0 atom stereocenters. The molecular formula is C12H19ClN2O. The van der Waals surface area contributed by atoms with E-state index in [0.29, 0.717) is 5.02 Å². The molecule has 0 bridgehead atoms. The average Bonchev–Trinajstić information content (AvgIpc) is 2.21. The third kappa shape index (κ3) is 4.39. The van der Waals surface area contributed by atoms with Crippen molar-refractivity contribution < 1.29 is 5.11 Å². The van der Waals surface area contributed by atoms with Crippen molar-refractivity contribution in [2.45, 2.75) is 6.54 Å². The highest BCUT2D eigenvalue weighted by Gasteiger charge is 2.03. The van der Waals surface area contributed by atoms with Gasteiger partial charge in [-0.05, 0) is 38.8 Å². The Morgan fingerprint density at radius 2 is 1.88 bits per heavy atom. The van der Waals surface area contributed by atoms with E-state index >= 15 is 0 Å². The summed E-state index contributed by atoms with van der Waals surface area (Å²) in [5.74, 6) is 0.140. The fraction of sp³-hybridized carbons (Fsp3) is 0.500. The highest BCUT2D eigenvalue weighted by atomic mass is 35.5. The van der Waals surface area contributed by atoms with Crippen molar-refractivity contribution in [3.8, 4) is 5.75 Å². The minimum atomic E-state index is 0.140. The predicted molar refractivity (Wildman–Crippen MR) is 68.0 cm³/mol. The molecule has 0 amide bonds. The van der Waals surface area contributed by atoms with Gasteiger partial charge in [-0.15, -0.1) is 0 Å². The molecule has 0 aliphatic rings. The molecule has 0 unspecified atom stereocenters. The highest BCUT2D eigenvalue weighted by Crippen LogP contribution is 2.23. The van der Waals surface area contributed by atoms with Crippen LogP contribution in [0.2, 0.25) is 5.02 Å². The first-order valence-corrected chi connectivity index (χ1v) is 5.67. The van der Waals surface area contributed by atoms with E-state index in [0.717, 1.165) is 25.2 Å². The van der Waals surface area contributed by atoms with Crippen molar-refractivity contribution in [2.24, 2.45) is 0 Å². The summed E-state index contributed by atoms with van der Waals surface area (Å²) in [6, 6.07) is 5.34. The van der Waals surface area contributed by atoms with Gasteiger partial charge in [0.1, 0.15) is 5.75 Å². The molecule has 1 aromatic rings. The Kier molecular flexibility index (Phi) is 5.06. The van der Waals surface area contributed by atoms with Crippen molar-refractivity contribution in [1.82, 2.24) is 9.80 Å². The minimum Gasteiger partial charge on any atom is -0.506 e. The maximum absolute atomic E-state index is 9.30. The number of phenolic OH excluding ortho intramolecular Hbond substituents is 1. The number of benzene rings is 1. The third-order valence-electron chi connectivity index (χ3n) is 2.39. The number of phenols is 1. The summed E-state index contributed by atoms with van der Waals surface area (Å²) < 4.78 is 0. The second-order valence-electron chi connectivity index (χ2n) is 4.33. The van der Waals surface area contributed by atoms with Crippen molar-refractivity contribution in [1.29, 1.82) is 0 Å². The second-order valence-corrected chi connectivity index (χ2v) is 4.73. The van der Waals surface area contributed by atoms with Crippen LogP contribution in [-0.2, 0) is 6.54 Å². The average molecular weight is 243 g/mol. The van der Waals surface area contributed by atoms with Gasteiger partial charge >= 0.3 is 0 Å². The lowest BCUT2D eigenvalue weighted by Crippen LogP contribution is -2.28. The van der Waals surface area contributed by atoms with Crippen molar-refractivity contribution in [2.75, 3.05) is 34.2 Å². The number of aromatic hydroxyl groups is 1. The van der Waals surface area contributed by atoms with Crippen LogP contribution in [0.4, 0.5) is 0 Å². The molecule has 0 heterocycles. The predicted octanol–water partition coefficient (Wildman–Crippen LogP) is 2.04. The van der Waals surface area contributed by atoms with E-state index in [1.165, 1.54) is 0 Å². The van der Waals surface area contributed by atoms with Crippen LogP contribution < -0.4 is 0 Å². The van der Waals surface area contributed by atoms with Gasteiger partial charge in [-0.1, -0.05) is 17.7 Å². The maximum atomic E-state index is 9.30. The molecule has 3 nitrogen and oxygen atoms in total. The van der Waals surface area contributed by atoms with Gasteiger partial charge in [0.15, 0.2) is 0 Å². The van der Waals surface area contributed by atoms with E-state index in [1.807, 2.05) is 12.1 Å². The molecule has 0 radical (unpaired) electrons. The number of rotatable bonds is 5. The number of hydrogen-bond donors (Lipinski definition) is 1. The minimum absolute atomic E-state index is 0.140. The molecule has 0 saturated carbocycles. The Balaban J connectivity index is 2.49. The monoisotopic (exact) mass is 242 g/mol. The molecule has 1 aromatic carbocycles. The Morgan fingerprint density at radius 1 is 1.19 bits per heavy atom. The van der Waals surface area contributed by atoms with Crippen molar-refractivity contribution in [3.63, 3.8) is 0 Å². The van der Waals surface area contributed by atoms with Crippen LogP contribution in [0, 0.1) is 0 Å². The van der Waals surface area contributed by atoms with Crippen LogP contribution in [0.25, 0.3) is 0 Å². The molecular weight excluding hydrogens is 224 g/mol. The molecule has 16 heavy (non-hydrogen) atoms. The lowest BCUT2D eigenvalue weighted by molar-refractivity contribution is 0.276. The molecule has 1 N–H and O–H groups in total. The topological polar surface area (TPSA) is 26.7 Å². The van der Waals surface area contributed by atoms with E-state index in [9.17, 15) is 5.11 Å². The van der Waals surface area contributed by atoms with E-state index in [-0.39, 0.29) is 5.75 Å². The summed E-state index contributed by atoms with van der Waals surface area (Å²) in [4.78, 5) is 4.38. The fourth-order valence-electron chi connectivity index (χ4n) is 1.41. The summed E-state index contributed by atoms with van der Waals surface area (Å²) in [6.45, 7) is 2.88. The first-order valence-electron chi connectivity index (χ1n) is 5.29. The zero-order chi connectivity index (χ0) is 12.1. The standard InChI is InChI=1S/C12H19ClN2O/c1-14(2)6-7-15(3)9-10-4-5-12(16)11(13)8-10/h4-5,8,16H,6-7,9H2,1-3H3. The largest absolute Gasteiger partial charge is 0.506 e. The summed E-state index contributed by atoms with van der Waals surface area (Å²) >= 11 is 5.85. The summed E-state index contributed by atoms with van der Waals surface area (Å²) in [5.41, 5.74) is 1.11. The quantitative estimate of drug-likeness (QED) is 0.856. The van der Waals surface area contributed by atoms with Gasteiger partial charge in [0.25, 0.3) is 0 Å². The summed E-state index contributed by atoms with van der Waals surface area (Å²) in [6.07, 6.45) is 0. The van der Waals surface area contributed by atoms with Gasteiger partial charge in [-0.3, -0.25) is 0 Å². The van der Waals surface area contributed by atoms with Crippen molar-refractivity contribution >= 4 is 11.6 Å². The van der Waals surface area contributed by atoms with Crippen LogP contribution in [-0.4, -0.2) is 49.1 Å². The molecule has 0 aliphatic heterocycles. The fourth-order valence-corrected chi connectivity index (χ4v) is 1.61. The lowest BCUT2D eigenvalue weighted by atomic mass is 10.2. The van der Waals surface area contributed by atoms with Gasteiger partial charge < -0.3 is 14.9 Å². The normalized spacial score (nSPS) is 11.4. The first kappa shape index (κ1) is 13.3. The van der Waals surface area contributed by atoms with Gasteiger partial charge in [0.05, 0.1) is 5.02 Å². The molecule has 0 aliphatic carbocycles. The summed E-state index contributed by atoms with van der Waals surface area (Å²) in [7, 11) is 6.20. The van der Waals surface area contributed by atoms with E-state index in [4.69, 9.17) is 11.6 Å². The van der Waals surface area contributed by atoms with E-state index < -0.39 is 0 Å². The Bertz CT molecular complexity index is 342. The molecule has 4 heteroatoms. The zero-order valence-electron chi connectivity index (χ0n) is 10.1. The molecule has 0 saturated heterocycles. The molecule has 0 fully saturated rings. The van der Waals surface area contributed by atoms with Gasteiger partial charge in [-0.2, -0.15) is 0 Å². The third-order valence-corrected chi connectivity index (χ3v) is 2.70. The number of hydrogen-bond acceptors (Lipinski definition) is 3. The maximum Gasteiger partial charge on any atom is 0.134 e. The smallest absolute Gasteiger partial charge is 0.134 e. The van der Waals surface area contributed by atoms with Crippen LogP contribution in [0.3, 0.4) is 0 Å². The highest BCUT2D eigenvalue weighted by molar-refractivity contribution is 6.32. The van der Waals surface area contributed by atoms with Crippen LogP contribution in [0.1, 0.15) is 5.56 Å². The number of likely N-dealkylation sites (N-methyl/N-ethyl adjacent to an activating group) is 2. The Hall–Kier alpha value is -0.770. The van der Waals surface area contributed by atoms with Crippen LogP contribution in [0.5, 0.6) is 5.75 Å². The van der Waals surface area contributed by atoms with Gasteiger partial charge in [-0.25, -0.2) is 0 Å². The van der Waals surface area contributed by atoms with Crippen LogP contribution in [0.15, 0.2) is 18.2 Å². The summed E-state index contributed by atoms with van der Waals surface area (Å²) in [5, 5.41) is 9.72. The number of halogens is 1. The van der Waals surface area contributed by atoms with Gasteiger partial charge in [0, 0.05) is 19.6 Å². The lowest BCUT2D eigenvalue weighted by Gasteiger charge is -2.19. The molecule has 0 aromatic heterocycles. The molecule has 0 spiro atoms. The molecule has 90 valence electrons. The van der Waals surface area contributed by atoms with Gasteiger partial charge in [0.2, 0.25) is 0 Å². The van der Waals surface area contributed by atoms with E-state index in [2.05, 4.69) is 30.9 Å². The number of nitrogens with zero attached hydrogens (tertiary/aromatic N) is 2. The Labute approximate surface area is 102 Å². The van der Waals surface area contributed by atoms with E-state index in [1.54, 1.807) is 6.07 Å². The first-order chi connectivity index (χ1) is 7.49. The van der Waals surface area contributed by atoms with Crippen LogP contribution >= 0.6 is 11.6 Å². The Morgan fingerprint density at radius 3 is 2.44 bits per heavy atom. The molecule has 1 rings (SSSR count). The second kappa shape index (κ2) is 6.09. The zero-order valence-corrected chi connectivity index (χ0v) is 10.8. The van der Waals surface area contributed by atoms with Crippen molar-refractivity contribution in [3.05, 3.63) is 28.8 Å².